The molecule has 1 nitrogen and oxygen atoms in total. The molecule has 2 rings (SSSR count). The molecular formula is C17H20FN. The SMILES string of the molecule is CCNCc1ccc(F)cc1-c1cc(C)ccc1C. The summed E-state index contributed by atoms with van der Waals surface area (Å²) in [5.74, 6) is -0.184. The lowest BCUT2D eigenvalue weighted by Crippen LogP contribution is -2.12. The monoisotopic (exact) mass is 257 g/mol. The van der Waals surface area contributed by atoms with Crippen LogP contribution in [0.5, 0.6) is 0 Å². The third kappa shape index (κ3) is 3.21. The van der Waals surface area contributed by atoms with Gasteiger partial charge >= 0.3 is 0 Å². The summed E-state index contributed by atoms with van der Waals surface area (Å²) in [6.07, 6.45) is 0. The molecular weight excluding hydrogens is 237 g/mol. The van der Waals surface area contributed by atoms with Crippen molar-refractivity contribution < 1.29 is 4.39 Å². The Balaban J connectivity index is 2.52. The molecule has 0 aliphatic carbocycles. The normalized spacial score (nSPS) is 10.7. The van der Waals surface area contributed by atoms with E-state index in [4.69, 9.17) is 0 Å². The Bertz CT molecular complexity index is 575. The van der Waals surface area contributed by atoms with Gasteiger partial charge in [-0.15, -0.1) is 0 Å². The van der Waals surface area contributed by atoms with Crippen molar-refractivity contribution >= 4 is 0 Å². The third-order valence-corrected chi connectivity index (χ3v) is 3.32. The van der Waals surface area contributed by atoms with Gasteiger partial charge in [0.2, 0.25) is 0 Å². The first kappa shape index (κ1) is 13.8. The molecule has 0 heterocycles. The molecule has 0 aliphatic heterocycles. The molecule has 1 N–H and O–H groups in total. The maximum Gasteiger partial charge on any atom is 0.123 e. The second-order valence-corrected chi connectivity index (χ2v) is 4.90. The van der Waals surface area contributed by atoms with Gasteiger partial charge in [-0.1, -0.05) is 36.8 Å². The van der Waals surface area contributed by atoms with E-state index in [1.54, 1.807) is 6.07 Å². The van der Waals surface area contributed by atoms with Crippen LogP contribution in [-0.2, 0) is 6.54 Å². The van der Waals surface area contributed by atoms with Gasteiger partial charge < -0.3 is 5.32 Å². The number of aryl methyl sites for hydroxylation is 2. The first-order valence-electron chi connectivity index (χ1n) is 6.68. The van der Waals surface area contributed by atoms with Crippen molar-refractivity contribution in [2.45, 2.75) is 27.3 Å². The zero-order valence-electron chi connectivity index (χ0n) is 11.8. The molecule has 0 atom stereocenters. The predicted octanol–water partition coefficient (Wildman–Crippen LogP) is 4.22. The zero-order chi connectivity index (χ0) is 13.8. The lowest BCUT2D eigenvalue weighted by molar-refractivity contribution is 0.626. The van der Waals surface area contributed by atoms with E-state index >= 15 is 0 Å². The first-order chi connectivity index (χ1) is 9.11. The van der Waals surface area contributed by atoms with E-state index in [1.165, 1.54) is 17.2 Å². The van der Waals surface area contributed by atoms with E-state index < -0.39 is 0 Å². The number of hydrogen-bond acceptors (Lipinski definition) is 1. The van der Waals surface area contributed by atoms with Gasteiger partial charge in [-0.05, 0) is 54.8 Å². The summed E-state index contributed by atoms with van der Waals surface area (Å²) in [7, 11) is 0. The lowest BCUT2D eigenvalue weighted by Gasteiger charge is -2.13. The lowest BCUT2D eigenvalue weighted by atomic mass is 9.94. The molecule has 0 saturated carbocycles. The highest BCUT2D eigenvalue weighted by molar-refractivity contribution is 5.71. The van der Waals surface area contributed by atoms with E-state index in [-0.39, 0.29) is 5.82 Å². The predicted molar refractivity (Wildman–Crippen MR) is 78.7 cm³/mol. The van der Waals surface area contributed by atoms with Crippen LogP contribution in [0.3, 0.4) is 0 Å². The van der Waals surface area contributed by atoms with E-state index in [0.29, 0.717) is 0 Å². The van der Waals surface area contributed by atoms with Crippen molar-refractivity contribution in [1.29, 1.82) is 0 Å². The van der Waals surface area contributed by atoms with Crippen LogP contribution in [0.15, 0.2) is 36.4 Å². The van der Waals surface area contributed by atoms with Gasteiger partial charge in [-0.3, -0.25) is 0 Å². The highest BCUT2D eigenvalue weighted by Gasteiger charge is 2.09. The Hall–Kier alpha value is -1.67. The van der Waals surface area contributed by atoms with Crippen molar-refractivity contribution in [3.05, 3.63) is 58.9 Å². The molecule has 0 unspecified atom stereocenters. The van der Waals surface area contributed by atoms with Crippen LogP contribution in [0.4, 0.5) is 4.39 Å². The molecule has 0 spiro atoms. The van der Waals surface area contributed by atoms with Gasteiger partial charge in [0.05, 0.1) is 0 Å². The summed E-state index contributed by atoms with van der Waals surface area (Å²) in [4.78, 5) is 0. The molecule has 100 valence electrons. The molecule has 19 heavy (non-hydrogen) atoms. The second kappa shape index (κ2) is 5.98. The minimum Gasteiger partial charge on any atom is -0.313 e. The number of hydrogen-bond donors (Lipinski definition) is 1. The number of halogens is 1. The third-order valence-electron chi connectivity index (χ3n) is 3.32. The van der Waals surface area contributed by atoms with Crippen molar-refractivity contribution in [2.24, 2.45) is 0 Å². The van der Waals surface area contributed by atoms with Crippen molar-refractivity contribution in [3.63, 3.8) is 0 Å². The fraction of sp³-hybridized carbons (Fsp3) is 0.294. The quantitative estimate of drug-likeness (QED) is 0.864. The van der Waals surface area contributed by atoms with Gasteiger partial charge in [-0.25, -0.2) is 4.39 Å². The van der Waals surface area contributed by atoms with E-state index in [2.05, 4.69) is 44.3 Å². The minimum absolute atomic E-state index is 0.184. The number of nitrogens with one attached hydrogen (secondary N) is 1. The second-order valence-electron chi connectivity index (χ2n) is 4.90. The number of rotatable bonds is 4. The maximum absolute atomic E-state index is 13.6. The van der Waals surface area contributed by atoms with E-state index in [0.717, 1.165) is 29.8 Å². The van der Waals surface area contributed by atoms with Crippen molar-refractivity contribution in [1.82, 2.24) is 5.32 Å². The summed E-state index contributed by atoms with van der Waals surface area (Å²) in [6, 6.07) is 11.3. The van der Waals surface area contributed by atoms with Gasteiger partial charge in [0.1, 0.15) is 5.82 Å². The molecule has 2 aromatic rings. The van der Waals surface area contributed by atoms with Crippen LogP contribution in [0.25, 0.3) is 11.1 Å². The average molecular weight is 257 g/mol. The molecule has 0 fully saturated rings. The number of benzene rings is 2. The molecule has 2 heteroatoms. The Kier molecular flexibility index (Phi) is 4.33. The van der Waals surface area contributed by atoms with Crippen molar-refractivity contribution in [3.8, 4) is 11.1 Å². The smallest absolute Gasteiger partial charge is 0.123 e. The van der Waals surface area contributed by atoms with Crippen LogP contribution < -0.4 is 5.32 Å². The first-order valence-corrected chi connectivity index (χ1v) is 6.68. The fourth-order valence-electron chi connectivity index (χ4n) is 2.24. The van der Waals surface area contributed by atoms with Crippen LogP contribution in [0.1, 0.15) is 23.6 Å². The fourth-order valence-corrected chi connectivity index (χ4v) is 2.24. The van der Waals surface area contributed by atoms with Crippen LogP contribution in [0, 0.1) is 19.7 Å². The molecule has 0 aromatic heterocycles. The Labute approximate surface area is 114 Å². The highest BCUT2D eigenvalue weighted by atomic mass is 19.1. The van der Waals surface area contributed by atoms with E-state index in [1.807, 2.05) is 6.07 Å². The molecule has 0 bridgehead atoms. The molecule has 2 aromatic carbocycles. The Morgan fingerprint density at radius 3 is 2.53 bits per heavy atom. The van der Waals surface area contributed by atoms with Crippen LogP contribution >= 0.6 is 0 Å². The molecule has 0 amide bonds. The summed E-state index contributed by atoms with van der Waals surface area (Å²) < 4.78 is 13.6. The standard InChI is InChI=1S/C17H20FN/c1-4-19-11-14-7-8-15(18)10-17(14)16-9-12(2)5-6-13(16)3/h5-10,19H,4,11H2,1-3H3. The largest absolute Gasteiger partial charge is 0.313 e. The highest BCUT2D eigenvalue weighted by Crippen LogP contribution is 2.28. The van der Waals surface area contributed by atoms with Gasteiger partial charge in [0, 0.05) is 6.54 Å². The van der Waals surface area contributed by atoms with Crippen molar-refractivity contribution in [2.75, 3.05) is 6.54 Å². The summed E-state index contributed by atoms with van der Waals surface area (Å²) in [5, 5.41) is 3.31. The van der Waals surface area contributed by atoms with Crippen LogP contribution in [-0.4, -0.2) is 6.54 Å². The van der Waals surface area contributed by atoms with Gasteiger partial charge in [-0.2, -0.15) is 0 Å². The topological polar surface area (TPSA) is 12.0 Å². The summed E-state index contributed by atoms with van der Waals surface area (Å²) in [6.45, 7) is 7.87. The molecule has 0 saturated heterocycles. The maximum atomic E-state index is 13.6. The summed E-state index contributed by atoms with van der Waals surface area (Å²) >= 11 is 0. The summed E-state index contributed by atoms with van der Waals surface area (Å²) in [5.41, 5.74) is 5.61. The van der Waals surface area contributed by atoms with E-state index in [9.17, 15) is 4.39 Å². The Morgan fingerprint density at radius 1 is 1.00 bits per heavy atom. The molecule has 0 radical (unpaired) electrons. The van der Waals surface area contributed by atoms with Gasteiger partial charge in [0.25, 0.3) is 0 Å². The Morgan fingerprint density at radius 2 is 1.79 bits per heavy atom. The van der Waals surface area contributed by atoms with Gasteiger partial charge in [0.15, 0.2) is 0 Å². The zero-order valence-corrected chi connectivity index (χ0v) is 11.8. The average Bonchev–Trinajstić information content (AvgIpc) is 2.40. The minimum atomic E-state index is -0.184. The molecule has 0 aliphatic rings. The van der Waals surface area contributed by atoms with Crippen LogP contribution in [0.2, 0.25) is 0 Å².